The number of nitrogens with one attached hydrogen (secondary N) is 1. The molecule has 0 bridgehead atoms. The molecule has 148 valence electrons. The molecule has 2 aliphatic carbocycles. The van der Waals surface area contributed by atoms with Crippen molar-refractivity contribution in [2.75, 3.05) is 37.6 Å². The molecule has 0 radical (unpaired) electrons. The van der Waals surface area contributed by atoms with Crippen molar-refractivity contribution in [3.05, 3.63) is 29.3 Å². The number of anilines is 1. The number of piperazine rings is 1. The van der Waals surface area contributed by atoms with Crippen molar-refractivity contribution in [1.82, 2.24) is 10.2 Å². The largest absolute Gasteiger partial charge is 0.380 e. The van der Waals surface area contributed by atoms with Crippen LogP contribution < -0.4 is 10.2 Å². The predicted molar refractivity (Wildman–Crippen MR) is 108 cm³/mol. The summed E-state index contributed by atoms with van der Waals surface area (Å²) in [5.74, 6) is 0.578. The van der Waals surface area contributed by atoms with E-state index in [0.717, 1.165) is 51.5 Å². The third-order valence-electron chi connectivity index (χ3n) is 6.86. The maximum absolute atomic E-state index is 11.9. The van der Waals surface area contributed by atoms with Crippen LogP contribution in [0.15, 0.2) is 18.2 Å². The van der Waals surface area contributed by atoms with Crippen LogP contribution in [0, 0.1) is 19.8 Å². The van der Waals surface area contributed by atoms with E-state index in [4.69, 9.17) is 0 Å². The Morgan fingerprint density at radius 3 is 2.56 bits per heavy atom. The highest BCUT2D eigenvalue weighted by Crippen LogP contribution is 2.37. The molecular formula is C22H33N3O2. The molecule has 3 fully saturated rings. The summed E-state index contributed by atoms with van der Waals surface area (Å²) in [6.45, 7) is 10.0. The van der Waals surface area contributed by atoms with E-state index in [1.807, 2.05) is 0 Å². The van der Waals surface area contributed by atoms with E-state index in [1.54, 1.807) is 0 Å². The number of hydrogen-bond donors (Lipinski definition) is 2. The summed E-state index contributed by atoms with van der Waals surface area (Å²) in [5, 5.41) is 12.8. The van der Waals surface area contributed by atoms with E-state index >= 15 is 0 Å². The molecule has 5 nitrogen and oxygen atoms in total. The van der Waals surface area contributed by atoms with Gasteiger partial charge in [0.25, 0.3) is 5.91 Å². The summed E-state index contributed by atoms with van der Waals surface area (Å²) < 4.78 is 0. The highest BCUT2D eigenvalue weighted by molar-refractivity contribution is 5.88. The van der Waals surface area contributed by atoms with Crippen LogP contribution in [-0.4, -0.2) is 60.3 Å². The summed E-state index contributed by atoms with van der Waals surface area (Å²) >= 11 is 0. The fraction of sp³-hybridized carbons (Fsp3) is 0.682. The number of aryl methyl sites for hydroxylation is 1. The first-order chi connectivity index (χ1) is 12.9. The zero-order valence-electron chi connectivity index (χ0n) is 16.7. The van der Waals surface area contributed by atoms with Crippen molar-refractivity contribution in [3.63, 3.8) is 0 Å². The van der Waals surface area contributed by atoms with E-state index in [9.17, 15) is 9.90 Å². The number of amides is 1. The van der Waals surface area contributed by atoms with Gasteiger partial charge in [-0.15, -0.1) is 0 Å². The Morgan fingerprint density at radius 2 is 1.89 bits per heavy atom. The number of nitrogens with zero attached hydrogens (tertiary/aromatic N) is 2. The van der Waals surface area contributed by atoms with Crippen LogP contribution in [0.2, 0.25) is 0 Å². The molecule has 1 saturated heterocycles. The van der Waals surface area contributed by atoms with Gasteiger partial charge in [-0.1, -0.05) is 12.1 Å². The Balaban J connectivity index is 1.15. The zero-order valence-corrected chi connectivity index (χ0v) is 16.7. The highest BCUT2D eigenvalue weighted by atomic mass is 16.3. The number of carbonyl (C=O) groups is 1. The van der Waals surface area contributed by atoms with Crippen molar-refractivity contribution >= 4 is 11.6 Å². The topological polar surface area (TPSA) is 55.8 Å². The molecule has 3 aliphatic rings. The first-order valence-electron chi connectivity index (χ1n) is 10.5. The quantitative estimate of drug-likeness (QED) is 0.805. The second kappa shape index (κ2) is 7.44. The lowest BCUT2D eigenvalue weighted by Crippen LogP contribution is -2.50. The van der Waals surface area contributed by atoms with E-state index in [1.165, 1.54) is 23.2 Å². The van der Waals surface area contributed by atoms with Crippen molar-refractivity contribution in [2.24, 2.45) is 5.92 Å². The van der Waals surface area contributed by atoms with Crippen LogP contribution in [0.4, 0.5) is 5.69 Å². The first kappa shape index (κ1) is 18.8. The molecule has 2 saturated carbocycles. The molecule has 27 heavy (non-hydrogen) atoms. The minimum absolute atomic E-state index is 0.145. The van der Waals surface area contributed by atoms with Crippen LogP contribution >= 0.6 is 0 Å². The van der Waals surface area contributed by atoms with Crippen molar-refractivity contribution in [3.8, 4) is 0 Å². The van der Waals surface area contributed by atoms with Crippen LogP contribution in [0.5, 0.6) is 0 Å². The summed E-state index contributed by atoms with van der Waals surface area (Å²) in [5.41, 5.74) is 3.14. The third-order valence-corrected chi connectivity index (χ3v) is 6.86. The molecule has 4 rings (SSSR count). The molecule has 0 atom stereocenters. The number of benzene rings is 1. The summed E-state index contributed by atoms with van der Waals surface area (Å²) in [6, 6.07) is 6.89. The second-order valence-electron chi connectivity index (χ2n) is 8.88. The van der Waals surface area contributed by atoms with Crippen LogP contribution in [0.1, 0.15) is 43.2 Å². The minimum atomic E-state index is -1.03. The molecule has 1 aliphatic heterocycles. The lowest BCUT2D eigenvalue weighted by Gasteiger charge is -2.40. The Hall–Kier alpha value is -1.59. The van der Waals surface area contributed by atoms with Crippen LogP contribution in [0.3, 0.4) is 0 Å². The van der Waals surface area contributed by atoms with Gasteiger partial charge >= 0.3 is 0 Å². The number of carbonyl (C=O) groups excluding carboxylic acids is 1. The molecule has 2 N–H and O–H groups in total. The number of aliphatic hydroxyl groups is 1. The summed E-state index contributed by atoms with van der Waals surface area (Å²) in [6.07, 6.45) is 4.63. The molecule has 0 unspecified atom stereocenters. The number of rotatable bonds is 6. The van der Waals surface area contributed by atoms with Crippen LogP contribution in [0.25, 0.3) is 0 Å². The van der Waals surface area contributed by atoms with Crippen molar-refractivity contribution in [2.45, 2.75) is 57.6 Å². The lowest BCUT2D eigenvalue weighted by atomic mass is 9.78. The molecule has 0 aromatic heterocycles. The van der Waals surface area contributed by atoms with Gasteiger partial charge in [-0.25, -0.2) is 0 Å². The Morgan fingerprint density at radius 1 is 1.19 bits per heavy atom. The average molecular weight is 372 g/mol. The molecule has 1 heterocycles. The smallest absolute Gasteiger partial charge is 0.252 e. The monoisotopic (exact) mass is 371 g/mol. The SMILES string of the molecule is Cc1cccc(N2CCN(CCC3CC(NC(=O)C4(O)CC4)C3)CC2)c1C. The van der Waals surface area contributed by atoms with E-state index < -0.39 is 5.60 Å². The van der Waals surface area contributed by atoms with E-state index in [0.29, 0.717) is 12.8 Å². The second-order valence-corrected chi connectivity index (χ2v) is 8.88. The lowest BCUT2D eigenvalue weighted by molar-refractivity contribution is -0.133. The van der Waals surface area contributed by atoms with Gasteiger partial charge in [0.15, 0.2) is 0 Å². The standard InChI is InChI=1S/C22H33N3O2/c1-16-4-3-5-20(17(16)2)25-12-10-24(11-13-25)9-6-18-14-19(15-18)23-21(26)22(27)7-8-22/h3-5,18-19,27H,6-15H2,1-2H3,(H,23,26). The number of hydrogen-bond acceptors (Lipinski definition) is 4. The summed E-state index contributed by atoms with van der Waals surface area (Å²) in [7, 11) is 0. The Kier molecular flexibility index (Phi) is 5.17. The van der Waals surface area contributed by atoms with Crippen molar-refractivity contribution in [1.29, 1.82) is 0 Å². The maximum Gasteiger partial charge on any atom is 0.252 e. The van der Waals surface area contributed by atoms with E-state index in [2.05, 4.69) is 47.2 Å². The Bertz CT molecular complexity index is 687. The molecular weight excluding hydrogens is 338 g/mol. The highest BCUT2D eigenvalue weighted by Gasteiger charge is 2.49. The van der Waals surface area contributed by atoms with Gasteiger partial charge < -0.3 is 15.3 Å². The van der Waals surface area contributed by atoms with Crippen molar-refractivity contribution < 1.29 is 9.90 Å². The molecule has 1 aromatic carbocycles. The van der Waals surface area contributed by atoms with E-state index in [-0.39, 0.29) is 11.9 Å². The van der Waals surface area contributed by atoms with Gasteiger partial charge in [0.2, 0.25) is 0 Å². The van der Waals surface area contributed by atoms with Gasteiger partial charge in [-0.05, 0) is 75.6 Å². The average Bonchev–Trinajstić information content (AvgIpc) is 3.38. The Labute approximate surface area is 162 Å². The third kappa shape index (κ3) is 4.14. The van der Waals surface area contributed by atoms with Gasteiger partial charge in [0.1, 0.15) is 5.60 Å². The van der Waals surface area contributed by atoms with Gasteiger partial charge in [0.05, 0.1) is 0 Å². The predicted octanol–water partition coefficient (Wildman–Crippen LogP) is 2.24. The fourth-order valence-corrected chi connectivity index (χ4v) is 4.41. The minimum Gasteiger partial charge on any atom is -0.380 e. The fourth-order valence-electron chi connectivity index (χ4n) is 4.41. The van der Waals surface area contributed by atoms with Gasteiger partial charge in [0, 0.05) is 37.9 Å². The summed E-state index contributed by atoms with van der Waals surface area (Å²) in [4.78, 5) is 17.0. The maximum atomic E-state index is 11.9. The first-order valence-corrected chi connectivity index (χ1v) is 10.5. The molecule has 5 heteroatoms. The van der Waals surface area contributed by atoms with Crippen LogP contribution in [-0.2, 0) is 4.79 Å². The molecule has 1 amide bonds. The van der Waals surface area contributed by atoms with Gasteiger partial charge in [-0.2, -0.15) is 0 Å². The molecule has 1 aromatic rings. The van der Waals surface area contributed by atoms with Gasteiger partial charge in [-0.3, -0.25) is 9.69 Å². The zero-order chi connectivity index (χ0) is 19.0. The molecule has 0 spiro atoms. The normalized spacial score (nSPS) is 27.1.